The van der Waals surface area contributed by atoms with Gasteiger partial charge in [0.2, 0.25) is 0 Å². The van der Waals surface area contributed by atoms with Gasteiger partial charge in [-0.3, -0.25) is 0 Å². The zero-order chi connectivity index (χ0) is 10.7. The third-order valence-corrected chi connectivity index (χ3v) is 2.41. The first-order valence-electron chi connectivity index (χ1n) is 4.65. The fraction of sp³-hybridized carbons (Fsp3) is 0.333. The highest BCUT2D eigenvalue weighted by Gasteiger charge is 2.02. The average molecular weight is 254 g/mol. The van der Waals surface area contributed by atoms with Crippen LogP contribution in [0, 0.1) is 20.8 Å². The van der Waals surface area contributed by atoms with Crippen molar-refractivity contribution >= 4 is 21.6 Å². The van der Waals surface area contributed by atoms with Crippen molar-refractivity contribution in [2.24, 2.45) is 0 Å². The molecule has 1 rings (SSSR count). The van der Waals surface area contributed by atoms with Gasteiger partial charge in [0.05, 0.1) is 0 Å². The fourth-order valence-corrected chi connectivity index (χ4v) is 1.78. The summed E-state index contributed by atoms with van der Waals surface area (Å²) in [6.45, 7) is 10.9. The van der Waals surface area contributed by atoms with Crippen molar-refractivity contribution in [1.29, 1.82) is 0 Å². The van der Waals surface area contributed by atoms with E-state index in [-0.39, 0.29) is 0 Å². The maximum absolute atomic E-state index is 3.80. The van der Waals surface area contributed by atoms with E-state index in [2.05, 4.69) is 60.7 Å². The van der Waals surface area contributed by atoms with Crippen LogP contribution in [0.2, 0.25) is 0 Å². The Morgan fingerprint density at radius 1 is 1.29 bits per heavy atom. The van der Waals surface area contributed by atoms with Gasteiger partial charge in [-0.2, -0.15) is 0 Å². The summed E-state index contributed by atoms with van der Waals surface area (Å²) in [5, 5.41) is 3.36. The van der Waals surface area contributed by atoms with Gasteiger partial charge in [0.1, 0.15) is 0 Å². The number of benzene rings is 1. The largest absolute Gasteiger partial charge is 0.380 e. The predicted molar refractivity (Wildman–Crippen MR) is 67.2 cm³/mol. The number of hydrogen-bond acceptors (Lipinski definition) is 1. The number of hydrogen-bond donors (Lipinski definition) is 1. The Morgan fingerprint density at radius 2 is 1.79 bits per heavy atom. The van der Waals surface area contributed by atoms with E-state index in [0.29, 0.717) is 0 Å². The third-order valence-electron chi connectivity index (χ3n) is 2.13. The molecule has 2 heteroatoms. The summed E-state index contributed by atoms with van der Waals surface area (Å²) >= 11 is 3.34. The molecule has 0 saturated heterocycles. The number of aryl methyl sites for hydroxylation is 3. The molecule has 0 spiro atoms. The zero-order valence-corrected chi connectivity index (χ0v) is 10.5. The molecule has 0 aromatic heterocycles. The van der Waals surface area contributed by atoms with Crippen LogP contribution in [-0.4, -0.2) is 6.54 Å². The number of halogens is 1. The first kappa shape index (κ1) is 11.3. The summed E-state index contributed by atoms with van der Waals surface area (Å²) in [5.74, 6) is 0. The molecule has 1 nitrogen and oxygen atoms in total. The van der Waals surface area contributed by atoms with Gasteiger partial charge in [-0.25, -0.2) is 0 Å². The Bertz CT molecular complexity index is 332. The molecule has 0 heterocycles. The van der Waals surface area contributed by atoms with Crippen LogP contribution in [-0.2, 0) is 0 Å². The summed E-state index contributed by atoms with van der Waals surface area (Å²) in [5.41, 5.74) is 5.10. The van der Waals surface area contributed by atoms with Crippen LogP contribution >= 0.6 is 15.9 Å². The van der Waals surface area contributed by atoms with Crippen molar-refractivity contribution in [1.82, 2.24) is 0 Å². The minimum absolute atomic E-state index is 0.769. The van der Waals surface area contributed by atoms with Crippen LogP contribution in [0.4, 0.5) is 5.69 Å². The molecule has 0 aliphatic rings. The topological polar surface area (TPSA) is 12.0 Å². The lowest BCUT2D eigenvalue weighted by atomic mass is 10.1. The molecule has 0 fully saturated rings. The maximum atomic E-state index is 3.80. The van der Waals surface area contributed by atoms with E-state index < -0.39 is 0 Å². The van der Waals surface area contributed by atoms with Crippen molar-refractivity contribution in [2.75, 3.05) is 11.9 Å². The minimum atomic E-state index is 0.769. The predicted octanol–water partition coefficient (Wildman–Crippen LogP) is 3.93. The van der Waals surface area contributed by atoms with Crippen molar-refractivity contribution < 1.29 is 0 Å². The SMILES string of the molecule is C=C(Br)CNc1c(C)cc(C)cc1C. The van der Waals surface area contributed by atoms with E-state index in [4.69, 9.17) is 0 Å². The van der Waals surface area contributed by atoms with Crippen LogP contribution < -0.4 is 5.32 Å². The summed E-state index contributed by atoms with van der Waals surface area (Å²) < 4.78 is 0.969. The molecule has 1 N–H and O–H groups in total. The minimum Gasteiger partial charge on any atom is -0.380 e. The fourth-order valence-electron chi connectivity index (χ4n) is 1.64. The highest BCUT2D eigenvalue weighted by Crippen LogP contribution is 2.22. The monoisotopic (exact) mass is 253 g/mol. The highest BCUT2D eigenvalue weighted by molar-refractivity contribution is 9.11. The molecule has 0 atom stereocenters. The van der Waals surface area contributed by atoms with Crippen molar-refractivity contribution in [3.63, 3.8) is 0 Å². The van der Waals surface area contributed by atoms with E-state index in [0.717, 1.165) is 11.0 Å². The molecule has 0 aliphatic heterocycles. The Morgan fingerprint density at radius 3 is 2.21 bits per heavy atom. The third kappa shape index (κ3) is 2.88. The highest BCUT2D eigenvalue weighted by atomic mass is 79.9. The number of rotatable bonds is 3. The second-order valence-corrected chi connectivity index (χ2v) is 4.77. The van der Waals surface area contributed by atoms with E-state index >= 15 is 0 Å². The normalized spacial score (nSPS) is 10.0. The lowest BCUT2D eigenvalue weighted by molar-refractivity contribution is 1.24. The van der Waals surface area contributed by atoms with Gasteiger partial charge in [0.15, 0.2) is 0 Å². The summed E-state index contributed by atoms with van der Waals surface area (Å²) in [6, 6.07) is 4.37. The van der Waals surface area contributed by atoms with E-state index in [1.54, 1.807) is 0 Å². The molecule has 0 bridgehead atoms. The van der Waals surface area contributed by atoms with E-state index in [1.165, 1.54) is 22.4 Å². The van der Waals surface area contributed by atoms with Crippen LogP contribution in [0.5, 0.6) is 0 Å². The van der Waals surface area contributed by atoms with E-state index in [9.17, 15) is 0 Å². The summed E-state index contributed by atoms with van der Waals surface area (Å²) in [6.07, 6.45) is 0. The second-order valence-electron chi connectivity index (χ2n) is 3.64. The molecule has 1 aromatic carbocycles. The van der Waals surface area contributed by atoms with Crippen molar-refractivity contribution in [3.8, 4) is 0 Å². The van der Waals surface area contributed by atoms with Gasteiger partial charge in [0.25, 0.3) is 0 Å². The Hall–Kier alpha value is -0.760. The average Bonchev–Trinajstić information content (AvgIpc) is 2.01. The van der Waals surface area contributed by atoms with Gasteiger partial charge < -0.3 is 5.32 Å². The molecule has 0 amide bonds. The number of anilines is 1. The summed E-state index contributed by atoms with van der Waals surface area (Å²) in [4.78, 5) is 0. The van der Waals surface area contributed by atoms with Gasteiger partial charge in [-0.1, -0.05) is 40.2 Å². The van der Waals surface area contributed by atoms with Crippen LogP contribution in [0.1, 0.15) is 16.7 Å². The smallest absolute Gasteiger partial charge is 0.0460 e. The first-order valence-corrected chi connectivity index (χ1v) is 5.45. The quantitative estimate of drug-likeness (QED) is 0.861. The van der Waals surface area contributed by atoms with Crippen LogP contribution in [0.25, 0.3) is 0 Å². The Labute approximate surface area is 94.3 Å². The molecule has 0 aliphatic carbocycles. The zero-order valence-electron chi connectivity index (χ0n) is 8.95. The van der Waals surface area contributed by atoms with E-state index in [1.807, 2.05) is 0 Å². The lowest BCUT2D eigenvalue weighted by Crippen LogP contribution is -2.04. The van der Waals surface area contributed by atoms with Gasteiger partial charge in [-0.05, 0) is 31.9 Å². The van der Waals surface area contributed by atoms with Crippen LogP contribution in [0.3, 0.4) is 0 Å². The first-order chi connectivity index (χ1) is 6.50. The summed E-state index contributed by atoms with van der Waals surface area (Å²) in [7, 11) is 0. The molecule has 0 radical (unpaired) electrons. The molecule has 1 aromatic rings. The van der Waals surface area contributed by atoms with Crippen molar-refractivity contribution in [2.45, 2.75) is 20.8 Å². The second kappa shape index (κ2) is 4.65. The molecule has 76 valence electrons. The number of nitrogens with one attached hydrogen (secondary N) is 1. The van der Waals surface area contributed by atoms with Crippen molar-refractivity contribution in [3.05, 3.63) is 39.9 Å². The molecule has 0 unspecified atom stereocenters. The van der Waals surface area contributed by atoms with Crippen LogP contribution in [0.15, 0.2) is 23.2 Å². The Kier molecular flexibility index (Phi) is 3.76. The molecule has 14 heavy (non-hydrogen) atoms. The lowest BCUT2D eigenvalue weighted by Gasteiger charge is -2.13. The standard InChI is InChI=1S/C12H16BrN/c1-8-5-9(2)12(10(3)6-8)14-7-11(4)13/h5-6,14H,4,7H2,1-3H3. The van der Waals surface area contributed by atoms with Gasteiger partial charge in [-0.15, -0.1) is 0 Å². The molecular weight excluding hydrogens is 238 g/mol. The maximum Gasteiger partial charge on any atom is 0.0460 e. The molecule has 0 saturated carbocycles. The van der Waals surface area contributed by atoms with Gasteiger partial charge >= 0.3 is 0 Å². The molecular formula is C12H16BrN. The Balaban J connectivity index is 2.91. The van der Waals surface area contributed by atoms with Gasteiger partial charge in [0, 0.05) is 16.7 Å².